The van der Waals surface area contributed by atoms with Gasteiger partial charge in [0.1, 0.15) is 23.7 Å². The van der Waals surface area contributed by atoms with Crippen molar-refractivity contribution in [1.29, 1.82) is 0 Å². The molecule has 2 aromatic rings. The second-order valence-corrected chi connectivity index (χ2v) is 16.0. The Morgan fingerprint density at radius 2 is 1.46 bits per heavy atom. The molecule has 5 atom stereocenters. The molecule has 2 aliphatic rings. The van der Waals surface area contributed by atoms with Gasteiger partial charge in [-0.1, -0.05) is 80.4 Å². The van der Waals surface area contributed by atoms with Gasteiger partial charge in [-0.3, -0.25) is 43.4 Å². The summed E-state index contributed by atoms with van der Waals surface area (Å²) < 4.78 is 16.3. The Kier molecular flexibility index (Phi) is 18.9. The van der Waals surface area contributed by atoms with E-state index in [0.717, 1.165) is 11.1 Å². The highest BCUT2D eigenvalue weighted by molar-refractivity contribution is 5.98. The van der Waals surface area contributed by atoms with Gasteiger partial charge < -0.3 is 35.5 Å². The summed E-state index contributed by atoms with van der Waals surface area (Å²) >= 11 is 0. The molecule has 0 saturated carbocycles. The Labute approximate surface area is 358 Å². The maximum atomic E-state index is 14.6. The molecule has 2 saturated heterocycles. The van der Waals surface area contributed by atoms with Crippen LogP contribution in [0.5, 0.6) is 0 Å². The Morgan fingerprint density at radius 3 is 2.07 bits per heavy atom. The molecule has 2 aliphatic heterocycles. The monoisotopic (exact) mass is 844 g/mol. The van der Waals surface area contributed by atoms with Gasteiger partial charge in [0.2, 0.25) is 29.5 Å². The fourth-order valence-electron chi connectivity index (χ4n) is 6.81. The minimum absolute atomic E-state index is 0.00217. The molecular weight excluding hydrogens is 785 g/mol. The van der Waals surface area contributed by atoms with Crippen LogP contribution in [0, 0.1) is 18.3 Å². The molecule has 0 radical (unpaired) electrons. The number of morpholine rings is 1. The third-order valence-corrected chi connectivity index (χ3v) is 10.4. The Morgan fingerprint density at radius 1 is 0.852 bits per heavy atom. The predicted molar refractivity (Wildman–Crippen MR) is 225 cm³/mol. The van der Waals surface area contributed by atoms with E-state index in [2.05, 4.69) is 27.2 Å². The number of epoxide rings is 1. The molecular formula is C45H60N6O10. The first-order valence-electron chi connectivity index (χ1n) is 20.8. The first-order valence-corrected chi connectivity index (χ1v) is 20.8. The van der Waals surface area contributed by atoms with E-state index in [0.29, 0.717) is 32.7 Å². The van der Waals surface area contributed by atoms with Crippen LogP contribution in [0.25, 0.3) is 0 Å². The molecule has 2 heterocycles. The Balaban J connectivity index is 1.60. The van der Waals surface area contributed by atoms with Crippen molar-refractivity contribution >= 4 is 41.3 Å². The number of benzene rings is 2. The lowest BCUT2D eigenvalue weighted by Gasteiger charge is -2.34. The van der Waals surface area contributed by atoms with Crippen LogP contribution >= 0.6 is 0 Å². The fraction of sp³-hybridized carbons (Fsp3) is 0.533. The van der Waals surface area contributed by atoms with Crippen LogP contribution in [0.2, 0.25) is 0 Å². The number of amides is 5. The molecule has 0 spiro atoms. The number of hydrogen-bond donors (Lipinski definition) is 4. The summed E-state index contributed by atoms with van der Waals surface area (Å²) in [7, 11) is 0. The summed E-state index contributed by atoms with van der Waals surface area (Å²) in [5.74, 6) is -1.71. The molecule has 0 aliphatic carbocycles. The summed E-state index contributed by atoms with van der Waals surface area (Å²) in [4.78, 5) is 98.0. The number of ketones is 1. The zero-order valence-corrected chi connectivity index (χ0v) is 35.6. The summed E-state index contributed by atoms with van der Waals surface area (Å²) in [5.41, 5.74) is 0.669. The van der Waals surface area contributed by atoms with Crippen LogP contribution in [-0.2, 0) is 60.6 Å². The average Bonchev–Trinajstić information content (AvgIpc) is 4.01. The summed E-state index contributed by atoms with van der Waals surface area (Å²) in [5, 5.41) is 10.9. The average molecular weight is 845 g/mol. The summed E-state index contributed by atoms with van der Waals surface area (Å²) in [6.07, 6.45) is 5.43. The van der Waals surface area contributed by atoms with Gasteiger partial charge >= 0.3 is 5.97 Å². The molecule has 16 heteroatoms. The lowest BCUT2D eigenvalue weighted by molar-refractivity contribution is -0.160. The normalized spacial score (nSPS) is 18.0. The van der Waals surface area contributed by atoms with E-state index in [1.807, 2.05) is 79.4 Å². The molecule has 4 N–H and O–H groups in total. The lowest BCUT2D eigenvalue weighted by Crippen LogP contribution is -2.59. The predicted octanol–water partition coefficient (Wildman–Crippen LogP) is 1.30. The molecule has 330 valence electrons. The van der Waals surface area contributed by atoms with Crippen molar-refractivity contribution in [3.63, 3.8) is 0 Å². The van der Waals surface area contributed by atoms with E-state index in [1.165, 1.54) is 4.90 Å². The van der Waals surface area contributed by atoms with E-state index in [9.17, 15) is 33.6 Å². The van der Waals surface area contributed by atoms with Gasteiger partial charge in [-0.2, -0.15) is 0 Å². The van der Waals surface area contributed by atoms with Crippen LogP contribution in [0.3, 0.4) is 0 Å². The zero-order valence-electron chi connectivity index (χ0n) is 35.6. The molecule has 61 heavy (non-hydrogen) atoms. The van der Waals surface area contributed by atoms with Crippen molar-refractivity contribution in [3.05, 3.63) is 71.8 Å². The number of hydrogen-bond acceptors (Lipinski definition) is 11. The molecule has 0 bridgehead atoms. The number of ether oxygens (including phenoxy) is 3. The molecule has 2 fully saturated rings. The van der Waals surface area contributed by atoms with Crippen molar-refractivity contribution in [2.45, 2.75) is 96.0 Å². The minimum Gasteiger partial charge on any atom is -0.444 e. The first-order chi connectivity index (χ1) is 29.2. The van der Waals surface area contributed by atoms with E-state index in [-0.39, 0.29) is 63.5 Å². The standard InChI is InChI=1S/C45H60N6O10/c1-6-21-46-38(52)19-20-40(54)60-30-51(39(53)28-50-22-24-59-25-23-50)37(18-17-33-13-9-7-10-14-33)44(58)49-35(26-31(2)3)43(57)48-36(27-34-15-11-8-12-16-34)42(56)47-32(4)41(55)45(5)29-61-45/h1,7-16,31-32,35-37H,17-30H2,2-5H3,(H,46,52)(H,47,56)(H,48,57)(H,49,58)/t32-,35-,36-,37-,45+/m0/s1. The van der Waals surface area contributed by atoms with Gasteiger partial charge in [-0.25, -0.2) is 0 Å². The van der Waals surface area contributed by atoms with Crippen molar-refractivity contribution < 1.29 is 47.8 Å². The van der Waals surface area contributed by atoms with E-state index < -0.39 is 72.0 Å². The van der Waals surface area contributed by atoms with Gasteiger partial charge in [0.15, 0.2) is 12.5 Å². The van der Waals surface area contributed by atoms with Crippen LogP contribution < -0.4 is 21.3 Å². The maximum Gasteiger partial charge on any atom is 0.308 e. The van der Waals surface area contributed by atoms with Crippen LogP contribution in [-0.4, -0.2) is 134 Å². The largest absolute Gasteiger partial charge is 0.444 e. The highest BCUT2D eigenvalue weighted by Crippen LogP contribution is 2.28. The second kappa shape index (κ2) is 24.0. The van der Waals surface area contributed by atoms with E-state index >= 15 is 0 Å². The van der Waals surface area contributed by atoms with Gasteiger partial charge in [-0.05, 0) is 50.2 Å². The Bertz CT molecular complexity index is 1840. The number of esters is 1. The second-order valence-electron chi connectivity index (χ2n) is 16.0. The quantitative estimate of drug-likeness (QED) is 0.0513. The van der Waals surface area contributed by atoms with Gasteiger partial charge in [0.25, 0.3) is 0 Å². The number of carbonyl (C=O) groups excluding carboxylic acids is 7. The molecule has 0 unspecified atom stereocenters. The zero-order chi connectivity index (χ0) is 44.4. The third kappa shape index (κ3) is 16.1. The number of aryl methyl sites for hydroxylation is 1. The number of Topliss-reactive ketones (excluding diaryl/α,β-unsaturated/α-hetero) is 1. The summed E-state index contributed by atoms with van der Waals surface area (Å²) in [6.45, 7) is 8.32. The van der Waals surface area contributed by atoms with E-state index in [1.54, 1.807) is 13.8 Å². The highest BCUT2D eigenvalue weighted by atomic mass is 16.6. The van der Waals surface area contributed by atoms with Gasteiger partial charge in [0.05, 0.1) is 45.4 Å². The fourth-order valence-corrected chi connectivity index (χ4v) is 6.81. The summed E-state index contributed by atoms with van der Waals surface area (Å²) in [6, 6.07) is 14.0. The topological polar surface area (TPSA) is 205 Å². The van der Waals surface area contributed by atoms with Crippen LogP contribution in [0.15, 0.2) is 60.7 Å². The maximum absolute atomic E-state index is 14.6. The van der Waals surface area contributed by atoms with Crippen molar-refractivity contribution in [2.75, 3.05) is 52.7 Å². The number of nitrogens with one attached hydrogen (secondary N) is 4. The highest BCUT2D eigenvalue weighted by Gasteiger charge is 2.49. The number of carbonyl (C=O) groups is 7. The van der Waals surface area contributed by atoms with Crippen LogP contribution in [0.4, 0.5) is 0 Å². The number of rotatable bonds is 24. The SMILES string of the molecule is C#CCNC(=O)CCC(=O)OCN(C(=O)CN1CCOCC1)[C@@H](CCc1ccccc1)C(=O)N[C@@H](CC(C)C)C(=O)N[C@@H](Cc1ccccc1)C(=O)N[C@@H](C)C(=O)[C@@]1(C)CO1. The number of terminal acetylenes is 1. The van der Waals surface area contributed by atoms with Crippen LogP contribution in [0.1, 0.15) is 64.5 Å². The van der Waals surface area contributed by atoms with Crippen molar-refractivity contribution in [3.8, 4) is 12.3 Å². The lowest BCUT2D eigenvalue weighted by atomic mass is 9.98. The molecule has 2 aromatic carbocycles. The van der Waals surface area contributed by atoms with Gasteiger partial charge in [0, 0.05) is 25.9 Å². The van der Waals surface area contributed by atoms with Crippen molar-refractivity contribution in [1.82, 2.24) is 31.1 Å². The molecule has 16 nitrogen and oxygen atoms in total. The van der Waals surface area contributed by atoms with E-state index in [4.69, 9.17) is 20.6 Å². The molecule has 4 rings (SSSR count). The smallest absolute Gasteiger partial charge is 0.308 e. The van der Waals surface area contributed by atoms with Gasteiger partial charge in [-0.15, -0.1) is 6.42 Å². The third-order valence-electron chi connectivity index (χ3n) is 10.4. The Hall–Kier alpha value is -5.63. The molecule has 5 amide bonds. The number of nitrogens with zero attached hydrogens (tertiary/aromatic N) is 2. The minimum atomic E-state index is -1.22. The van der Waals surface area contributed by atoms with Crippen molar-refractivity contribution in [2.24, 2.45) is 5.92 Å². The first kappa shape index (κ1) is 48.0. The molecule has 0 aromatic heterocycles.